The molecule has 8 nitrogen and oxygen atoms in total. The molecular formula is C35H37Cl2N3O5S. The molecule has 0 radical (unpaired) electrons. The van der Waals surface area contributed by atoms with Crippen LogP contribution in [0.5, 0.6) is 11.5 Å². The summed E-state index contributed by atoms with van der Waals surface area (Å²) < 4.78 is 33.1. The molecule has 0 unspecified atom stereocenters. The van der Waals surface area contributed by atoms with Crippen LogP contribution >= 0.6 is 23.2 Å². The summed E-state index contributed by atoms with van der Waals surface area (Å²) in [7, 11) is -3.93. The van der Waals surface area contributed by atoms with Gasteiger partial charge >= 0.3 is 0 Å². The Balaban J connectivity index is 1.70. The van der Waals surface area contributed by atoms with Crippen molar-refractivity contribution in [2.45, 2.75) is 45.3 Å². The van der Waals surface area contributed by atoms with Crippen LogP contribution in [0.4, 0.5) is 5.69 Å². The lowest BCUT2D eigenvalue weighted by Gasteiger charge is -2.34. The molecule has 0 heterocycles. The van der Waals surface area contributed by atoms with E-state index in [9.17, 15) is 18.0 Å². The summed E-state index contributed by atoms with van der Waals surface area (Å²) in [6.45, 7) is 3.29. The first-order valence-corrected chi connectivity index (χ1v) is 17.4. The number of hydrogen-bond acceptors (Lipinski definition) is 5. The zero-order valence-electron chi connectivity index (χ0n) is 25.9. The number of hydrogen-bond donors (Lipinski definition) is 1. The van der Waals surface area contributed by atoms with Crippen LogP contribution in [0.15, 0.2) is 103 Å². The van der Waals surface area contributed by atoms with Gasteiger partial charge in [0, 0.05) is 19.0 Å². The van der Waals surface area contributed by atoms with Crippen molar-refractivity contribution in [1.29, 1.82) is 0 Å². The van der Waals surface area contributed by atoms with Gasteiger partial charge in [-0.15, -0.1) is 0 Å². The third-order valence-corrected chi connectivity index (χ3v) is 9.27. The van der Waals surface area contributed by atoms with Crippen molar-refractivity contribution < 1.29 is 22.7 Å². The average molecular weight is 683 g/mol. The highest BCUT2D eigenvalue weighted by Crippen LogP contribution is 2.27. The van der Waals surface area contributed by atoms with Crippen molar-refractivity contribution in [1.82, 2.24) is 10.2 Å². The molecular weight excluding hydrogens is 645 g/mol. The fourth-order valence-electron chi connectivity index (χ4n) is 4.75. The number of amides is 2. The largest absolute Gasteiger partial charge is 0.457 e. The van der Waals surface area contributed by atoms with E-state index in [1.165, 1.54) is 4.90 Å². The number of carbonyl (C=O) groups excluding carboxylic acids is 2. The second-order valence-corrected chi connectivity index (χ2v) is 13.7. The van der Waals surface area contributed by atoms with Gasteiger partial charge in [0.25, 0.3) is 0 Å². The Labute approximate surface area is 280 Å². The maximum atomic E-state index is 14.3. The van der Waals surface area contributed by atoms with Gasteiger partial charge in [-0.05, 0) is 73.0 Å². The molecule has 0 aliphatic heterocycles. The molecule has 0 spiro atoms. The molecule has 4 aromatic rings. The molecule has 242 valence electrons. The van der Waals surface area contributed by atoms with E-state index in [-0.39, 0.29) is 30.6 Å². The SMILES string of the molecule is CC[C@@H](C)NC(=O)[C@H](Cc1ccccc1)N(Cc1ccc(Cl)c(Cl)c1)C(=O)CN(c1ccc(Oc2ccccc2)cc1)S(C)(=O)=O. The molecule has 0 aliphatic rings. The minimum Gasteiger partial charge on any atom is -0.457 e. The summed E-state index contributed by atoms with van der Waals surface area (Å²) in [6, 6.07) is 28.8. The Bertz CT molecular complexity index is 1720. The third-order valence-electron chi connectivity index (χ3n) is 7.39. The molecule has 2 atom stereocenters. The number of nitrogens with zero attached hydrogens (tertiary/aromatic N) is 2. The van der Waals surface area contributed by atoms with E-state index in [0.717, 1.165) is 16.1 Å². The standard InChI is InChI=1S/C35H37Cl2N3O5S/c1-4-25(2)38-35(42)33(22-26-11-7-5-8-12-26)39(23-27-15-20-31(36)32(37)21-27)34(41)24-40(46(3,43)44)28-16-18-30(19-17-28)45-29-13-9-6-10-14-29/h5-21,25,33H,4,22-24H2,1-3H3,(H,38,42)/t25-,33+/m1/s1. The van der Waals surface area contributed by atoms with E-state index in [4.69, 9.17) is 27.9 Å². The maximum absolute atomic E-state index is 14.3. The maximum Gasteiger partial charge on any atom is 0.244 e. The topological polar surface area (TPSA) is 96.0 Å². The Kier molecular flexibility index (Phi) is 12.1. The highest BCUT2D eigenvalue weighted by Gasteiger charge is 2.33. The molecule has 2 amide bonds. The normalized spacial score (nSPS) is 12.5. The quantitative estimate of drug-likeness (QED) is 0.153. The minimum atomic E-state index is -3.93. The van der Waals surface area contributed by atoms with E-state index < -0.39 is 28.5 Å². The van der Waals surface area contributed by atoms with E-state index in [0.29, 0.717) is 33.5 Å². The van der Waals surface area contributed by atoms with Gasteiger partial charge in [-0.25, -0.2) is 8.42 Å². The number of anilines is 1. The number of sulfonamides is 1. The lowest BCUT2D eigenvalue weighted by atomic mass is 10.0. The Hall–Kier alpha value is -4.05. The fourth-order valence-corrected chi connectivity index (χ4v) is 5.92. The van der Waals surface area contributed by atoms with Crippen LogP contribution in [0.25, 0.3) is 0 Å². The van der Waals surface area contributed by atoms with Crippen LogP contribution in [-0.4, -0.2) is 50.0 Å². The van der Waals surface area contributed by atoms with Gasteiger partial charge in [-0.2, -0.15) is 0 Å². The molecule has 4 rings (SSSR count). The highest BCUT2D eigenvalue weighted by molar-refractivity contribution is 7.92. The number of para-hydroxylation sites is 1. The first-order chi connectivity index (χ1) is 21.9. The van der Waals surface area contributed by atoms with Gasteiger partial charge in [0.05, 0.1) is 22.0 Å². The molecule has 0 aromatic heterocycles. The van der Waals surface area contributed by atoms with E-state index in [1.54, 1.807) is 54.6 Å². The predicted octanol–water partition coefficient (Wildman–Crippen LogP) is 7.11. The summed E-state index contributed by atoms with van der Waals surface area (Å²) >= 11 is 12.5. The lowest BCUT2D eigenvalue weighted by Crippen LogP contribution is -2.54. The van der Waals surface area contributed by atoms with E-state index in [2.05, 4.69) is 5.32 Å². The van der Waals surface area contributed by atoms with Crippen molar-refractivity contribution in [2.75, 3.05) is 17.1 Å². The van der Waals surface area contributed by atoms with E-state index in [1.807, 2.05) is 62.4 Å². The number of ether oxygens (including phenoxy) is 1. The number of nitrogens with one attached hydrogen (secondary N) is 1. The molecule has 4 aromatic carbocycles. The summed E-state index contributed by atoms with van der Waals surface area (Å²) in [6.07, 6.45) is 1.94. The minimum absolute atomic E-state index is 0.0113. The molecule has 46 heavy (non-hydrogen) atoms. The summed E-state index contributed by atoms with van der Waals surface area (Å²) in [5.74, 6) is 0.213. The number of rotatable bonds is 14. The summed E-state index contributed by atoms with van der Waals surface area (Å²) in [4.78, 5) is 29.5. The molecule has 0 saturated heterocycles. The molecule has 11 heteroatoms. The first kappa shape index (κ1) is 34.8. The molecule has 0 aliphatic carbocycles. The Morgan fingerprint density at radius 1 is 0.826 bits per heavy atom. The van der Waals surface area contributed by atoms with Crippen LogP contribution in [-0.2, 0) is 32.6 Å². The van der Waals surface area contributed by atoms with Crippen molar-refractivity contribution >= 4 is 50.7 Å². The zero-order valence-corrected chi connectivity index (χ0v) is 28.2. The number of halogens is 2. The van der Waals surface area contributed by atoms with Crippen molar-refractivity contribution in [2.24, 2.45) is 0 Å². The lowest BCUT2D eigenvalue weighted by molar-refractivity contribution is -0.140. The second-order valence-electron chi connectivity index (χ2n) is 11.0. The fraction of sp³-hybridized carbons (Fsp3) is 0.257. The van der Waals surface area contributed by atoms with Crippen LogP contribution in [0, 0.1) is 0 Å². The van der Waals surface area contributed by atoms with Crippen molar-refractivity contribution in [3.63, 3.8) is 0 Å². The summed E-state index contributed by atoms with van der Waals surface area (Å²) in [5.41, 5.74) is 1.74. The van der Waals surface area contributed by atoms with E-state index >= 15 is 0 Å². The third kappa shape index (κ3) is 9.72. The monoisotopic (exact) mass is 681 g/mol. The molecule has 0 saturated carbocycles. The van der Waals surface area contributed by atoms with Crippen molar-refractivity contribution in [3.05, 3.63) is 124 Å². The molecule has 1 N–H and O–H groups in total. The second kappa shape index (κ2) is 16.0. The van der Waals surface area contributed by atoms with Crippen LogP contribution < -0.4 is 14.4 Å². The summed E-state index contributed by atoms with van der Waals surface area (Å²) in [5, 5.41) is 3.65. The van der Waals surface area contributed by atoms with Crippen molar-refractivity contribution in [3.8, 4) is 11.5 Å². The van der Waals surface area contributed by atoms with Gasteiger partial charge in [-0.3, -0.25) is 13.9 Å². The average Bonchev–Trinajstić information content (AvgIpc) is 3.04. The molecule has 0 fully saturated rings. The van der Waals surface area contributed by atoms with Gasteiger partial charge in [0.15, 0.2) is 0 Å². The van der Waals surface area contributed by atoms with Crippen LogP contribution in [0.2, 0.25) is 10.0 Å². The number of carbonyl (C=O) groups is 2. The highest BCUT2D eigenvalue weighted by atomic mass is 35.5. The van der Waals surface area contributed by atoms with Gasteiger partial charge in [-0.1, -0.05) is 84.7 Å². The van der Waals surface area contributed by atoms with Gasteiger partial charge in [0.2, 0.25) is 21.8 Å². The zero-order chi connectivity index (χ0) is 33.3. The predicted molar refractivity (Wildman–Crippen MR) is 184 cm³/mol. The Morgan fingerprint density at radius 3 is 2.02 bits per heavy atom. The van der Waals surface area contributed by atoms with Crippen LogP contribution in [0.1, 0.15) is 31.4 Å². The Morgan fingerprint density at radius 2 is 1.43 bits per heavy atom. The number of benzene rings is 4. The van der Waals surface area contributed by atoms with Gasteiger partial charge < -0.3 is 15.0 Å². The first-order valence-electron chi connectivity index (χ1n) is 14.8. The molecule has 0 bridgehead atoms. The van der Waals surface area contributed by atoms with Crippen LogP contribution in [0.3, 0.4) is 0 Å². The smallest absolute Gasteiger partial charge is 0.244 e. The van der Waals surface area contributed by atoms with Gasteiger partial charge in [0.1, 0.15) is 24.1 Å².